The summed E-state index contributed by atoms with van der Waals surface area (Å²) < 4.78 is 29.7. The van der Waals surface area contributed by atoms with Crippen molar-refractivity contribution in [3.8, 4) is 0 Å². The van der Waals surface area contributed by atoms with Crippen LogP contribution >= 0.6 is 34.4 Å². The number of nitrogens with two attached hydrogens (primary N) is 1. The van der Waals surface area contributed by atoms with Crippen molar-refractivity contribution in [3.63, 3.8) is 0 Å². The number of amides is 1. The van der Waals surface area contributed by atoms with E-state index < -0.39 is 51.0 Å². The molecule has 0 aromatic heterocycles. The Balaban J connectivity index is 0.00000345. The molecule has 4 rings (SSSR count). The molecule has 19 heteroatoms. The third kappa shape index (κ3) is 9.44. The molecule has 3 aliphatic rings. The fraction of sp³-hybridized carbons (Fsp3) is 0.500. The van der Waals surface area contributed by atoms with E-state index >= 15 is 0 Å². The number of thioether (sulfide) groups is 1. The molecule has 0 saturated carbocycles. The van der Waals surface area contributed by atoms with E-state index in [2.05, 4.69) is 15.0 Å². The van der Waals surface area contributed by atoms with Gasteiger partial charge in [0.05, 0.1) is 28.6 Å². The van der Waals surface area contributed by atoms with Gasteiger partial charge in [-0.25, -0.2) is 19.5 Å². The van der Waals surface area contributed by atoms with E-state index in [-0.39, 0.29) is 72.2 Å². The maximum Gasteiger partial charge on any atom is 0.363 e. The molecule has 1 aromatic rings. The zero-order valence-electron chi connectivity index (χ0n) is 22.4. The van der Waals surface area contributed by atoms with Crippen LogP contribution < -0.4 is 15.2 Å². The number of carbonyl (C=O) groups is 3. The Bertz CT molecular complexity index is 1320. The molecule has 6 atom stereocenters. The minimum atomic E-state index is -3.85. The number of nitrogens with zero attached hydrogens (tertiary/aromatic N) is 2. The minimum Gasteiger partial charge on any atom is -0.412 e. The van der Waals surface area contributed by atoms with Gasteiger partial charge in [-0.05, 0) is 25.5 Å². The quantitative estimate of drug-likeness (QED) is 0.0514. The molecule has 7 N–H and O–H groups in total. The summed E-state index contributed by atoms with van der Waals surface area (Å²) in [5.74, 6) is -3.59. The number of nitrogens with one attached hydrogen (secondary N) is 2. The Hall–Kier alpha value is -1.62. The molecule has 0 aliphatic carbocycles. The molecule has 43 heavy (non-hydrogen) atoms. The Morgan fingerprint density at radius 1 is 1.33 bits per heavy atom. The molecule has 241 valence electrons. The Morgan fingerprint density at radius 3 is 2.42 bits per heavy atom. The summed E-state index contributed by atoms with van der Waals surface area (Å²) in [7, 11) is -3.85. The Morgan fingerprint density at radius 2 is 1.91 bits per heavy atom. The topological polar surface area (TPSA) is 243 Å². The van der Waals surface area contributed by atoms with Gasteiger partial charge in [-0.1, -0.05) is 14.4 Å². The molecule has 1 aromatic carbocycles. The first kappa shape index (κ1) is 41.4. The third-order valence-electron chi connectivity index (χ3n) is 6.81. The second-order valence-electron chi connectivity index (χ2n) is 9.42. The molecule has 0 spiro atoms. The van der Waals surface area contributed by atoms with Gasteiger partial charge in [0, 0.05) is 65.9 Å². The van der Waals surface area contributed by atoms with E-state index in [1.54, 1.807) is 0 Å². The summed E-state index contributed by atoms with van der Waals surface area (Å²) in [5, 5.41) is 29.1. The summed E-state index contributed by atoms with van der Waals surface area (Å²) in [6, 6.07) is 3.85. The standard InChI is InChI=1S/C22H27N5O9S2.CH2I.CH4.H2O.V/c1-10-17-16(11(2)28)20(29)26(17)18(19(10)37-15-7-13(24-9-15)8-25-38(23,34)35)22(31)36-21(30)12-3-5-14(6-4-12)27(32)33;1-2;;;/h3-6,10-11,13,15-17,24-25,28H,7-9H2,1-2H3,(H2,23,34,35);1H2;1H4;1H2;/q;-1;;;/t10-,11-,13+,15+,16-,17-;;;;/m1..../s1. The second kappa shape index (κ2) is 17.2. The van der Waals surface area contributed by atoms with Crippen LogP contribution in [0.1, 0.15) is 38.1 Å². The number of β-lactam (4-membered cyclic amide) rings is 1. The predicted molar refractivity (Wildman–Crippen MR) is 164 cm³/mol. The minimum absolute atomic E-state index is 0. The van der Waals surface area contributed by atoms with Gasteiger partial charge < -0.3 is 48.1 Å². The first-order valence-electron chi connectivity index (χ1n) is 12.0. The number of nitro groups is 1. The van der Waals surface area contributed by atoms with E-state index in [0.29, 0.717) is 17.9 Å². The fourth-order valence-corrected chi connectivity index (χ4v) is 6.95. The number of hydrogen-bond donors (Lipinski definition) is 4. The van der Waals surface area contributed by atoms with Gasteiger partial charge in [0.1, 0.15) is 5.70 Å². The molecule has 2 saturated heterocycles. The van der Waals surface area contributed by atoms with E-state index in [1.165, 1.54) is 23.6 Å². The number of fused-ring (bicyclic) bond motifs is 1. The third-order valence-corrected chi connectivity index (χ3v) is 8.89. The van der Waals surface area contributed by atoms with Crippen molar-refractivity contribution < 1.29 is 61.6 Å². The smallest absolute Gasteiger partial charge is 0.363 e. The molecule has 0 unspecified atom stereocenters. The summed E-state index contributed by atoms with van der Waals surface area (Å²) >= 11 is 3.23. The Kier molecular flexibility index (Phi) is 16.5. The van der Waals surface area contributed by atoms with Gasteiger partial charge in [-0.15, -0.1) is 11.8 Å². The fourth-order valence-electron chi connectivity index (χ4n) is 5.00. The number of ether oxygens (including phenoxy) is 1. The van der Waals surface area contributed by atoms with E-state index in [4.69, 9.17) is 9.88 Å². The molecule has 1 radical (unpaired) electrons. The molecular formula is C24H35IN5O10S2V-. The first-order chi connectivity index (χ1) is 18.8. The zero-order chi connectivity index (χ0) is 29.9. The van der Waals surface area contributed by atoms with Crippen LogP contribution in [-0.2, 0) is 43.1 Å². The number of carbonyl (C=O) groups excluding carboxylic acids is 3. The van der Waals surface area contributed by atoms with Crippen molar-refractivity contribution >= 4 is 68.1 Å². The van der Waals surface area contributed by atoms with Crippen LogP contribution in [0.15, 0.2) is 34.9 Å². The maximum absolute atomic E-state index is 13.2. The van der Waals surface area contributed by atoms with Crippen LogP contribution in [0, 0.1) is 26.9 Å². The second-order valence-corrected chi connectivity index (χ2v) is 12.1. The average Bonchev–Trinajstić information content (AvgIpc) is 3.44. The van der Waals surface area contributed by atoms with Crippen LogP contribution in [-0.4, -0.2) is 83.2 Å². The van der Waals surface area contributed by atoms with E-state index in [9.17, 15) is 38.0 Å². The van der Waals surface area contributed by atoms with Crippen molar-refractivity contribution in [1.29, 1.82) is 0 Å². The number of rotatable bonds is 9. The predicted octanol–water partition coefficient (Wildman–Crippen LogP) is 0.626. The maximum atomic E-state index is 13.2. The number of nitro benzene ring substituents is 1. The number of non-ortho nitro benzene ring substituents is 1. The van der Waals surface area contributed by atoms with Crippen LogP contribution in [0.3, 0.4) is 0 Å². The number of esters is 2. The van der Waals surface area contributed by atoms with Crippen molar-refractivity contribution in [3.05, 3.63) is 55.5 Å². The summed E-state index contributed by atoms with van der Waals surface area (Å²) in [5.41, 5.74) is -0.390. The Labute approximate surface area is 279 Å². The van der Waals surface area contributed by atoms with Crippen LogP contribution in [0.5, 0.6) is 0 Å². The molecule has 15 nitrogen and oxygen atoms in total. The average molecular weight is 796 g/mol. The van der Waals surface area contributed by atoms with E-state index in [1.807, 2.05) is 29.5 Å². The van der Waals surface area contributed by atoms with Crippen molar-refractivity contribution in [2.75, 3.05) is 13.1 Å². The van der Waals surface area contributed by atoms with Gasteiger partial charge >= 0.3 is 11.9 Å². The number of aliphatic hydroxyl groups is 1. The largest absolute Gasteiger partial charge is 0.412 e. The molecule has 2 fully saturated rings. The zero-order valence-corrected chi connectivity index (χ0v) is 27.6. The van der Waals surface area contributed by atoms with Crippen molar-refractivity contribution in [2.45, 2.75) is 51.1 Å². The molecule has 3 aliphatic heterocycles. The summed E-state index contributed by atoms with van der Waals surface area (Å²) in [4.78, 5) is 54.0. The number of aliphatic hydroxyl groups excluding tert-OH is 1. The monoisotopic (exact) mass is 795 g/mol. The first-order valence-corrected chi connectivity index (χ1v) is 15.9. The van der Waals surface area contributed by atoms with Gasteiger partial charge in [0.25, 0.3) is 15.9 Å². The van der Waals surface area contributed by atoms with Crippen LogP contribution in [0.4, 0.5) is 5.69 Å². The van der Waals surface area contributed by atoms with Crippen molar-refractivity contribution in [2.24, 2.45) is 17.0 Å². The summed E-state index contributed by atoms with van der Waals surface area (Å²) in [6.45, 7) is 3.89. The normalized spacial score (nSPS) is 24.6. The molecule has 1 amide bonds. The number of benzene rings is 1. The van der Waals surface area contributed by atoms with Gasteiger partial charge in [0.15, 0.2) is 0 Å². The van der Waals surface area contributed by atoms with E-state index in [0.717, 1.165) is 24.3 Å². The van der Waals surface area contributed by atoms with Crippen molar-refractivity contribution in [1.82, 2.24) is 14.9 Å². The molecular weight excluding hydrogens is 760 g/mol. The van der Waals surface area contributed by atoms with Gasteiger partial charge in [-0.2, -0.15) is 8.42 Å². The van der Waals surface area contributed by atoms with Gasteiger partial charge in [0.2, 0.25) is 5.91 Å². The van der Waals surface area contributed by atoms with Crippen LogP contribution in [0.2, 0.25) is 0 Å². The number of halogens is 1. The molecule has 0 bridgehead atoms. The molecule has 3 heterocycles. The summed E-state index contributed by atoms with van der Waals surface area (Å²) in [6.07, 6.45) is -0.414. The van der Waals surface area contributed by atoms with Crippen LogP contribution in [0.25, 0.3) is 0 Å². The number of hydrogen-bond acceptors (Lipinski definition) is 11. The SMILES string of the molecule is C.C[C@@H](O)[C@H]1C(=O)N2C(C(=O)OC(=O)c3ccc([N+](=O)[O-])cc3)=C(S[C@@H]3CN[C@H](CNS(N)(=O)=O)C3)[C@H](C)[C@H]12.O.[CH2-]I.[V]. The van der Waals surface area contributed by atoms with Gasteiger partial charge in [-0.3, -0.25) is 19.8 Å².